The van der Waals surface area contributed by atoms with Gasteiger partial charge in [0.1, 0.15) is 0 Å². The summed E-state index contributed by atoms with van der Waals surface area (Å²) < 4.78 is 1.67. The summed E-state index contributed by atoms with van der Waals surface area (Å²) in [7, 11) is 0. The van der Waals surface area contributed by atoms with E-state index < -0.39 is 0 Å². The zero-order valence-corrected chi connectivity index (χ0v) is 13.1. The first-order valence-corrected chi connectivity index (χ1v) is 7.49. The Morgan fingerprint density at radius 3 is 2.72 bits per heavy atom. The molecule has 1 aliphatic carbocycles. The SMILES string of the molecule is O=C(NCC1(CCO)CC1)c1cc(Br)ccc1Br. The minimum atomic E-state index is -0.0765. The number of nitrogens with one attached hydrogen (secondary N) is 1. The molecule has 0 saturated heterocycles. The first-order chi connectivity index (χ1) is 8.56. The van der Waals surface area contributed by atoms with Crippen molar-refractivity contribution in [2.24, 2.45) is 5.41 Å². The topological polar surface area (TPSA) is 49.3 Å². The lowest BCUT2D eigenvalue weighted by Crippen LogP contribution is -2.30. The Morgan fingerprint density at radius 1 is 1.39 bits per heavy atom. The van der Waals surface area contributed by atoms with Gasteiger partial charge in [-0.15, -0.1) is 0 Å². The monoisotopic (exact) mass is 375 g/mol. The molecule has 2 rings (SSSR count). The lowest BCUT2D eigenvalue weighted by Gasteiger charge is -2.15. The second kappa shape index (κ2) is 5.72. The van der Waals surface area contributed by atoms with Crippen LogP contribution in [0.25, 0.3) is 0 Å². The highest BCUT2D eigenvalue weighted by molar-refractivity contribution is 9.11. The number of hydrogen-bond donors (Lipinski definition) is 2. The predicted molar refractivity (Wildman–Crippen MR) is 77.5 cm³/mol. The highest BCUT2D eigenvalue weighted by atomic mass is 79.9. The number of hydrogen-bond acceptors (Lipinski definition) is 2. The molecule has 0 atom stereocenters. The van der Waals surface area contributed by atoms with E-state index in [2.05, 4.69) is 37.2 Å². The van der Waals surface area contributed by atoms with Gasteiger partial charge in [-0.25, -0.2) is 0 Å². The van der Waals surface area contributed by atoms with Crippen molar-refractivity contribution in [1.82, 2.24) is 5.32 Å². The molecule has 0 aromatic heterocycles. The van der Waals surface area contributed by atoms with Gasteiger partial charge in [-0.1, -0.05) is 15.9 Å². The molecule has 0 unspecified atom stereocenters. The Balaban J connectivity index is 1.98. The molecule has 0 bridgehead atoms. The summed E-state index contributed by atoms with van der Waals surface area (Å²) in [6.07, 6.45) is 2.95. The number of halogens is 2. The lowest BCUT2D eigenvalue weighted by atomic mass is 10.0. The summed E-state index contributed by atoms with van der Waals surface area (Å²) in [4.78, 5) is 12.1. The number of aliphatic hydroxyl groups excluding tert-OH is 1. The van der Waals surface area contributed by atoms with E-state index in [1.807, 2.05) is 12.1 Å². The normalized spacial score (nSPS) is 16.4. The summed E-state index contributed by atoms with van der Waals surface area (Å²) in [5, 5.41) is 11.9. The minimum absolute atomic E-state index is 0.0765. The fourth-order valence-electron chi connectivity index (χ4n) is 1.96. The van der Waals surface area contributed by atoms with Crippen molar-refractivity contribution in [3.8, 4) is 0 Å². The van der Waals surface area contributed by atoms with Crippen LogP contribution in [-0.4, -0.2) is 24.2 Å². The van der Waals surface area contributed by atoms with E-state index in [0.29, 0.717) is 12.1 Å². The average molecular weight is 377 g/mol. The third kappa shape index (κ3) is 3.33. The van der Waals surface area contributed by atoms with Crippen LogP contribution in [0.4, 0.5) is 0 Å². The first-order valence-electron chi connectivity index (χ1n) is 5.90. The zero-order chi connectivity index (χ0) is 13.2. The average Bonchev–Trinajstić information content (AvgIpc) is 3.10. The Labute approximate surface area is 123 Å². The van der Waals surface area contributed by atoms with Crippen LogP contribution in [-0.2, 0) is 0 Å². The molecule has 0 radical (unpaired) electrons. The van der Waals surface area contributed by atoms with Crippen molar-refractivity contribution < 1.29 is 9.90 Å². The van der Waals surface area contributed by atoms with Crippen molar-refractivity contribution in [3.05, 3.63) is 32.7 Å². The van der Waals surface area contributed by atoms with Crippen molar-refractivity contribution in [3.63, 3.8) is 0 Å². The first kappa shape index (κ1) is 14.0. The second-order valence-corrected chi connectivity index (χ2v) is 6.55. The molecule has 1 aromatic rings. The van der Waals surface area contributed by atoms with Crippen LogP contribution in [0.1, 0.15) is 29.6 Å². The van der Waals surface area contributed by atoms with Crippen LogP contribution in [0, 0.1) is 5.41 Å². The number of carbonyl (C=O) groups excluding carboxylic acids is 1. The van der Waals surface area contributed by atoms with E-state index in [-0.39, 0.29) is 17.9 Å². The maximum Gasteiger partial charge on any atom is 0.252 e. The molecule has 1 amide bonds. The minimum Gasteiger partial charge on any atom is -0.396 e. The Bertz CT molecular complexity index is 458. The lowest BCUT2D eigenvalue weighted by molar-refractivity contribution is 0.0940. The number of carbonyl (C=O) groups is 1. The number of aliphatic hydroxyl groups is 1. The molecule has 0 spiro atoms. The third-order valence-electron chi connectivity index (χ3n) is 3.40. The molecule has 0 heterocycles. The molecule has 5 heteroatoms. The molecule has 1 aromatic carbocycles. The van der Waals surface area contributed by atoms with Crippen LogP contribution in [0.5, 0.6) is 0 Å². The van der Waals surface area contributed by atoms with Crippen LogP contribution < -0.4 is 5.32 Å². The fraction of sp³-hybridized carbons (Fsp3) is 0.462. The van der Waals surface area contributed by atoms with Gasteiger partial charge in [0.25, 0.3) is 5.91 Å². The molecule has 1 aliphatic rings. The summed E-state index contributed by atoms with van der Waals surface area (Å²) in [6.45, 7) is 0.835. The van der Waals surface area contributed by atoms with Gasteiger partial charge in [0.15, 0.2) is 0 Å². The van der Waals surface area contributed by atoms with Gasteiger partial charge in [-0.3, -0.25) is 4.79 Å². The van der Waals surface area contributed by atoms with E-state index in [9.17, 15) is 4.79 Å². The van der Waals surface area contributed by atoms with E-state index in [1.54, 1.807) is 6.07 Å². The maximum absolute atomic E-state index is 12.1. The number of benzene rings is 1. The Kier molecular flexibility index (Phi) is 4.45. The fourth-order valence-corrected chi connectivity index (χ4v) is 2.75. The highest BCUT2D eigenvalue weighted by Crippen LogP contribution is 2.47. The Morgan fingerprint density at radius 2 is 2.11 bits per heavy atom. The number of amides is 1. The number of rotatable bonds is 5. The molecule has 0 aliphatic heterocycles. The van der Waals surface area contributed by atoms with E-state index in [1.165, 1.54) is 0 Å². The molecule has 1 saturated carbocycles. The van der Waals surface area contributed by atoms with Gasteiger partial charge in [-0.2, -0.15) is 0 Å². The van der Waals surface area contributed by atoms with Gasteiger partial charge in [-0.05, 0) is 58.8 Å². The Hall–Kier alpha value is -0.390. The van der Waals surface area contributed by atoms with Crippen molar-refractivity contribution in [2.45, 2.75) is 19.3 Å². The molecule has 2 N–H and O–H groups in total. The molecular weight excluding hydrogens is 362 g/mol. The smallest absolute Gasteiger partial charge is 0.252 e. The third-order valence-corrected chi connectivity index (χ3v) is 4.58. The van der Waals surface area contributed by atoms with E-state index >= 15 is 0 Å². The van der Waals surface area contributed by atoms with E-state index in [4.69, 9.17) is 5.11 Å². The van der Waals surface area contributed by atoms with Crippen molar-refractivity contribution in [1.29, 1.82) is 0 Å². The molecule has 18 heavy (non-hydrogen) atoms. The van der Waals surface area contributed by atoms with Crippen LogP contribution >= 0.6 is 31.9 Å². The summed E-state index contributed by atoms with van der Waals surface area (Å²) in [5.41, 5.74) is 0.771. The molecule has 1 fully saturated rings. The summed E-state index contributed by atoms with van der Waals surface area (Å²) >= 11 is 6.73. The quantitative estimate of drug-likeness (QED) is 0.829. The van der Waals surface area contributed by atoms with Gasteiger partial charge >= 0.3 is 0 Å². The summed E-state index contributed by atoms with van der Waals surface area (Å²) in [6, 6.07) is 5.53. The van der Waals surface area contributed by atoms with Gasteiger partial charge < -0.3 is 10.4 Å². The maximum atomic E-state index is 12.1. The zero-order valence-electron chi connectivity index (χ0n) is 9.88. The highest BCUT2D eigenvalue weighted by Gasteiger charge is 2.41. The van der Waals surface area contributed by atoms with E-state index in [0.717, 1.165) is 28.2 Å². The van der Waals surface area contributed by atoms with Gasteiger partial charge in [0.2, 0.25) is 0 Å². The second-order valence-electron chi connectivity index (χ2n) is 4.78. The molecule has 98 valence electrons. The van der Waals surface area contributed by atoms with Crippen LogP contribution in [0.15, 0.2) is 27.1 Å². The van der Waals surface area contributed by atoms with Gasteiger partial charge in [0.05, 0.1) is 5.56 Å². The van der Waals surface area contributed by atoms with Crippen molar-refractivity contribution in [2.75, 3.05) is 13.2 Å². The predicted octanol–water partition coefficient (Wildman–Crippen LogP) is 3.10. The van der Waals surface area contributed by atoms with Gasteiger partial charge in [0, 0.05) is 22.1 Å². The molecular formula is C13H15Br2NO2. The summed E-state index contributed by atoms with van der Waals surface area (Å²) in [5.74, 6) is -0.0765. The van der Waals surface area contributed by atoms with Crippen LogP contribution in [0.2, 0.25) is 0 Å². The standard InChI is InChI=1S/C13H15Br2NO2/c14-9-1-2-11(15)10(7-9)12(18)16-8-13(3-4-13)5-6-17/h1-2,7,17H,3-6,8H2,(H,16,18). The molecule has 3 nitrogen and oxygen atoms in total. The van der Waals surface area contributed by atoms with Crippen molar-refractivity contribution >= 4 is 37.8 Å². The largest absolute Gasteiger partial charge is 0.396 e. The van der Waals surface area contributed by atoms with Crippen LogP contribution in [0.3, 0.4) is 0 Å².